The molecule has 0 aliphatic carbocycles. The van der Waals surface area contributed by atoms with E-state index in [2.05, 4.69) is 162 Å². The number of thiophene rings is 2. The van der Waals surface area contributed by atoms with Gasteiger partial charge in [0.2, 0.25) is 0 Å². The summed E-state index contributed by atoms with van der Waals surface area (Å²) in [6.45, 7) is 0. The van der Waals surface area contributed by atoms with Crippen molar-refractivity contribution in [1.82, 2.24) is 4.57 Å². The zero-order chi connectivity index (χ0) is 32.1. The number of para-hydroxylation sites is 1. The number of hydrogen-bond donors (Lipinski definition) is 1. The standard InChI is InChI=1S/C44H27N3S2/c1-3-13-26(14-4-1)40-41(27-15-5-2-6-16-27)46-33-25-28(23-24-32(33)45-40)47-34-20-10-7-17-29(34)37-38-30-18-8-11-21-35(30)48-43(38)39-31-19-9-12-22-36(31)49-44(39)42(37)47/h1-25,40,45H. The van der Waals surface area contributed by atoms with Crippen LogP contribution in [0.4, 0.5) is 11.4 Å². The molecular formula is C44H27N3S2. The molecule has 0 amide bonds. The molecule has 1 N–H and O–H groups in total. The first-order valence-corrected chi connectivity index (χ1v) is 18.2. The Hall–Kier alpha value is -5.75. The number of fused-ring (bicyclic) bond motifs is 13. The van der Waals surface area contributed by atoms with E-state index in [0.717, 1.165) is 28.3 Å². The van der Waals surface area contributed by atoms with Gasteiger partial charge in [0.05, 0.1) is 38.9 Å². The summed E-state index contributed by atoms with van der Waals surface area (Å²) in [6, 6.07) is 54.6. The van der Waals surface area contributed by atoms with Gasteiger partial charge in [0.1, 0.15) is 0 Å². The molecule has 3 nitrogen and oxygen atoms in total. The van der Waals surface area contributed by atoms with Crippen molar-refractivity contribution in [2.45, 2.75) is 6.04 Å². The third-order valence-electron chi connectivity index (χ3n) is 10.0. The highest BCUT2D eigenvalue weighted by molar-refractivity contribution is 7.30. The molecule has 4 heterocycles. The van der Waals surface area contributed by atoms with Gasteiger partial charge in [0.25, 0.3) is 0 Å². The van der Waals surface area contributed by atoms with Crippen LogP contribution in [0.3, 0.4) is 0 Å². The molecule has 5 heteroatoms. The molecule has 1 unspecified atom stereocenters. The van der Waals surface area contributed by atoms with E-state index in [1.807, 2.05) is 22.7 Å². The molecule has 0 radical (unpaired) electrons. The third-order valence-corrected chi connectivity index (χ3v) is 12.4. The predicted molar refractivity (Wildman–Crippen MR) is 212 cm³/mol. The van der Waals surface area contributed by atoms with Gasteiger partial charge in [0, 0.05) is 52.1 Å². The highest BCUT2D eigenvalue weighted by Crippen LogP contribution is 2.52. The summed E-state index contributed by atoms with van der Waals surface area (Å²) in [7, 11) is 0. The number of rotatable bonds is 3. The van der Waals surface area contributed by atoms with E-state index in [4.69, 9.17) is 4.99 Å². The van der Waals surface area contributed by atoms with Crippen LogP contribution in [0.1, 0.15) is 17.2 Å². The Kier molecular flexibility index (Phi) is 5.76. The average Bonchev–Trinajstić information content (AvgIpc) is 3.85. The van der Waals surface area contributed by atoms with Crippen molar-refractivity contribution in [2.24, 2.45) is 4.99 Å². The van der Waals surface area contributed by atoms with E-state index in [0.29, 0.717) is 0 Å². The van der Waals surface area contributed by atoms with E-state index in [1.165, 1.54) is 67.7 Å². The quantitative estimate of drug-likeness (QED) is 0.201. The van der Waals surface area contributed by atoms with Crippen LogP contribution in [-0.4, -0.2) is 10.3 Å². The van der Waals surface area contributed by atoms with E-state index < -0.39 is 0 Å². The first-order chi connectivity index (χ1) is 24.3. The number of aliphatic imine (C=N–C) groups is 1. The maximum absolute atomic E-state index is 5.43. The molecule has 49 heavy (non-hydrogen) atoms. The van der Waals surface area contributed by atoms with E-state index in [1.54, 1.807) is 0 Å². The van der Waals surface area contributed by atoms with Crippen LogP contribution >= 0.6 is 22.7 Å². The normalized spacial score (nSPS) is 14.6. The second-order valence-corrected chi connectivity index (χ2v) is 14.8. The smallest absolute Gasteiger partial charge is 0.0947 e. The highest BCUT2D eigenvalue weighted by atomic mass is 32.1. The van der Waals surface area contributed by atoms with Gasteiger partial charge in [-0.2, -0.15) is 0 Å². The van der Waals surface area contributed by atoms with E-state index in [-0.39, 0.29) is 6.04 Å². The molecule has 0 saturated carbocycles. The van der Waals surface area contributed by atoms with Gasteiger partial charge in [-0.3, -0.25) is 0 Å². The minimum Gasteiger partial charge on any atom is -0.371 e. The second-order valence-electron chi connectivity index (χ2n) is 12.7. The van der Waals surface area contributed by atoms with Crippen molar-refractivity contribution in [3.8, 4) is 5.69 Å². The lowest BCUT2D eigenvalue weighted by molar-refractivity contribution is 1.01. The van der Waals surface area contributed by atoms with Gasteiger partial charge in [-0.15, -0.1) is 22.7 Å². The van der Waals surface area contributed by atoms with Crippen LogP contribution < -0.4 is 5.32 Å². The Balaban J connectivity index is 1.25. The van der Waals surface area contributed by atoms with Crippen molar-refractivity contribution in [3.63, 3.8) is 0 Å². The van der Waals surface area contributed by atoms with Gasteiger partial charge >= 0.3 is 0 Å². The lowest BCUT2D eigenvalue weighted by Crippen LogP contribution is -2.25. The van der Waals surface area contributed by atoms with Gasteiger partial charge in [-0.05, 0) is 47.5 Å². The lowest BCUT2D eigenvalue weighted by atomic mass is 9.94. The molecular weight excluding hydrogens is 635 g/mol. The third kappa shape index (κ3) is 3.91. The van der Waals surface area contributed by atoms with Crippen molar-refractivity contribution in [3.05, 3.63) is 163 Å². The summed E-state index contributed by atoms with van der Waals surface area (Å²) in [5.74, 6) is 0. The number of hydrogen-bond acceptors (Lipinski definition) is 4. The molecule has 1 atom stereocenters. The summed E-state index contributed by atoms with van der Waals surface area (Å²) in [6.07, 6.45) is 0. The maximum atomic E-state index is 5.43. The minimum absolute atomic E-state index is 0.0477. The molecule has 1 aliphatic rings. The molecule has 3 aromatic heterocycles. The van der Waals surface area contributed by atoms with Gasteiger partial charge in [-0.25, -0.2) is 4.99 Å². The predicted octanol–water partition coefficient (Wildman–Crippen LogP) is 12.8. The topological polar surface area (TPSA) is 29.3 Å². The number of nitrogens with one attached hydrogen (secondary N) is 1. The second kappa shape index (κ2) is 10.4. The largest absolute Gasteiger partial charge is 0.371 e. The molecule has 0 spiro atoms. The molecule has 7 aromatic carbocycles. The summed E-state index contributed by atoms with van der Waals surface area (Å²) in [4.78, 5) is 5.43. The molecule has 1 aliphatic heterocycles. The zero-order valence-electron chi connectivity index (χ0n) is 26.2. The maximum Gasteiger partial charge on any atom is 0.0947 e. The number of benzene rings is 7. The Morgan fingerprint density at radius 3 is 1.96 bits per heavy atom. The van der Waals surface area contributed by atoms with E-state index >= 15 is 0 Å². The minimum atomic E-state index is -0.0477. The summed E-state index contributed by atoms with van der Waals surface area (Å²) >= 11 is 3.84. The number of aromatic nitrogens is 1. The Morgan fingerprint density at radius 2 is 1.18 bits per heavy atom. The highest BCUT2D eigenvalue weighted by Gasteiger charge is 2.27. The van der Waals surface area contributed by atoms with Crippen molar-refractivity contribution in [2.75, 3.05) is 5.32 Å². The number of anilines is 1. The Bertz CT molecular complexity index is 2970. The van der Waals surface area contributed by atoms with Crippen LogP contribution in [0.25, 0.3) is 67.8 Å². The zero-order valence-corrected chi connectivity index (χ0v) is 27.9. The molecule has 11 rings (SSSR count). The molecule has 0 fully saturated rings. The fourth-order valence-electron chi connectivity index (χ4n) is 7.90. The van der Waals surface area contributed by atoms with Crippen LogP contribution in [0, 0.1) is 0 Å². The first-order valence-electron chi connectivity index (χ1n) is 16.6. The molecule has 10 aromatic rings. The molecule has 0 bridgehead atoms. The van der Waals surface area contributed by atoms with Crippen LogP contribution in [0.5, 0.6) is 0 Å². The Morgan fingerprint density at radius 1 is 0.551 bits per heavy atom. The first kappa shape index (κ1) is 27.2. The summed E-state index contributed by atoms with van der Waals surface area (Å²) in [5, 5.41) is 11.8. The average molecular weight is 662 g/mol. The van der Waals surface area contributed by atoms with Crippen molar-refractivity contribution in [1.29, 1.82) is 0 Å². The summed E-state index contributed by atoms with van der Waals surface area (Å²) < 4.78 is 7.85. The lowest BCUT2D eigenvalue weighted by Gasteiger charge is -2.28. The van der Waals surface area contributed by atoms with Crippen LogP contribution in [0.15, 0.2) is 157 Å². The van der Waals surface area contributed by atoms with E-state index in [9.17, 15) is 0 Å². The van der Waals surface area contributed by atoms with Gasteiger partial charge < -0.3 is 9.88 Å². The number of nitrogens with zero attached hydrogens (tertiary/aromatic N) is 2. The SMILES string of the molecule is c1ccc(C2=Nc3cc(-n4c5ccccc5c5c6c7ccccc7sc6c6c7ccccc7sc6c54)ccc3NC2c2ccccc2)cc1. The van der Waals surface area contributed by atoms with Gasteiger partial charge in [0.15, 0.2) is 0 Å². The van der Waals surface area contributed by atoms with Crippen molar-refractivity contribution >= 4 is 102 Å². The Labute approximate surface area is 290 Å². The fraction of sp³-hybridized carbons (Fsp3) is 0.0227. The monoisotopic (exact) mass is 661 g/mol. The summed E-state index contributed by atoms with van der Waals surface area (Å²) in [5.41, 5.74) is 8.91. The fourth-order valence-corrected chi connectivity index (χ4v) is 10.5. The van der Waals surface area contributed by atoms with Crippen LogP contribution in [0.2, 0.25) is 0 Å². The molecule has 230 valence electrons. The van der Waals surface area contributed by atoms with Crippen LogP contribution in [-0.2, 0) is 0 Å². The van der Waals surface area contributed by atoms with Crippen molar-refractivity contribution < 1.29 is 0 Å². The van der Waals surface area contributed by atoms with Gasteiger partial charge in [-0.1, -0.05) is 115 Å². The molecule has 0 saturated heterocycles.